The first-order valence-electron chi connectivity index (χ1n) is 10.0. The molecule has 0 saturated heterocycles. The molecule has 0 aliphatic heterocycles. The zero-order chi connectivity index (χ0) is 21.4. The Balaban J connectivity index is 1.55. The maximum Gasteiger partial charge on any atom is 0.248 e. The summed E-state index contributed by atoms with van der Waals surface area (Å²) in [5, 5.41) is 4.65. The molecule has 5 rings (SSSR count). The number of aryl methyl sites for hydroxylation is 1. The maximum atomic E-state index is 11.5. The van der Waals surface area contributed by atoms with Crippen molar-refractivity contribution < 1.29 is 4.79 Å². The van der Waals surface area contributed by atoms with Gasteiger partial charge in [-0.1, -0.05) is 24.3 Å². The first-order valence-corrected chi connectivity index (χ1v) is 10.0. The van der Waals surface area contributed by atoms with Crippen molar-refractivity contribution in [2.75, 3.05) is 5.32 Å². The van der Waals surface area contributed by atoms with Gasteiger partial charge in [0.25, 0.3) is 0 Å². The Bertz CT molecular complexity index is 1440. The molecule has 31 heavy (non-hydrogen) atoms. The highest BCUT2D eigenvalue weighted by Gasteiger charge is 2.11. The molecule has 0 unspecified atom stereocenters. The molecule has 6 nitrogen and oxygen atoms in total. The average Bonchev–Trinajstić information content (AvgIpc) is 3.17. The SMILES string of the molecule is Cn1ccc2ccc(-c3cc(NCc4cccc(C(N)=O)c4)cc4nccnc34)cc21. The minimum absolute atomic E-state index is 0.429. The molecule has 0 radical (unpaired) electrons. The number of hydrogen-bond donors (Lipinski definition) is 2. The van der Waals surface area contributed by atoms with Crippen LogP contribution in [0.5, 0.6) is 0 Å². The minimum atomic E-state index is -0.429. The zero-order valence-corrected chi connectivity index (χ0v) is 17.0. The van der Waals surface area contributed by atoms with Gasteiger partial charge in [0.05, 0.1) is 11.0 Å². The summed E-state index contributed by atoms with van der Waals surface area (Å²) in [6.07, 6.45) is 5.48. The molecular weight excluding hydrogens is 386 g/mol. The summed E-state index contributed by atoms with van der Waals surface area (Å²) in [4.78, 5) is 20.6. The topological polar surface area (TPSA) is 85.8 Å². The number of benzene rings is 3. The van der Waals surface area contributed by atoms with Crippen molar-refractivity contribution in [3.05, 3.63) is 90.4 Å². The number of anilines is 1. The molecule has 0 aliphatic rings. The van der Waals surface area contributed by atoms with Gasteiger partial charge in [-0.15, -0.1) is 0 Å². The molecule has 0 atom stereocenters. The van der Waals surface area contributed by atoms with E-state index in [0.717, 1.165) is 38.9 Å². The van der Waals surface area contributed by atoms with E-state index in [2.05, 4.69) is 56.4 Å². The number of fused-ring (bicyclic) bond motifs is 2. The number of nitrogens with one attached hydrogen (secondary N) is 1. The van der Waals surface area contributed by atoms with Gasteiger partial charge in [0.1, 0.15) is 0 Å². The molecule has 152 valence electrons. The average molecular weight is 407 g/mol. The number of primary amides is 1. The van der Waals surface area contributed by atoms with Crippen molar-refractivity contribution in [3.63, 3.8) is 0 Å². The van der Waals surface area contributed by atoms with Gasteiger partial charge in [-0.25, -0.2) is 0 Å². The van der Waals surface area contributed by atoms with Gasteiger partial charge in [0.15, 0.2) is 0 Å². The largest absolute Gasteiger partial charge is 0.381 e. The van der Waals surface area contributed by atoms with Crippen molar-refractivity contribution in [1.82, 2.24) is 14.5 Å². The van der Waals surface area contributed by atoms with Crippen molar-refractivity contribution >= 4 is 33.5 Å². The lowest BCUT2D eigenvalue weighted by Gasteiger charge is -2.12. The van der Waals surface area contributed by atoms with E-state index in [1.54, 1.807) is 24.5 Å². The number of aromatic nitrogens is 3. The standard InChI is InChI=1S/C25H21N5O/c1-30-10-7-17-5-6-18(12-23(17)30)21-13-20(14-22-24(21)28-9-8-27-22)29-15-16-3-2-4-19(11-16)25(26)31/h2-14,29H,15H2,1H3,(H2,26,31). The molecule has 0 bridgehead atoms. The van der Waals surface area contributed by atoms with Crippen LogP contribution in [-0.4, -0.2) is 20.4 Å². The Kier molecular flexibility index (Phi) is 4.59. The van der Waals surface area contributed by atoms with E-state index in [1.807, 2.05) is 25.2 Å². The van der Waals surface area contributed by atoms with Gasteiger partial charge in [-0.05, 0) is 52.9 Å². The van der Waals surface area contributed by atoms with E-state index in [9.17, 15) is 4.79 Å². The summed E-state index contributed by atoms with van der Waals surface area (Å²) in [6, 6.07) is 19.9. The molecule has 0 fully saturated rings. The van der Waals surface area contributed by atoms with Gasteiger partial charge in [-0.2, -0.15) is 0 Å². The molecule has 2 heterocycles. The van der Waals surface area contributed by atoms with Gasteiger partial charge in [0.2, 0.25) is 5.91 Å². The Morgan fingerprint density at radius 2 is 1.90 bits per heavy atom. The lowest BCUT2D eigenvalue weighted by atomic mass is 10.0. The second-order valence-electron chi connectivity index (χ2n) is 7.57. The third-order valence-corrected chi connectivity index (χ3v) is 5.48. The second kappa shape index (κ2) is 7.57. The Labute approximate surface area is 179 Å². The van der Waals surface area contributed by atoms with Crippen LogP contribution in [0.15, 0.2) is 79.3 Å². The molecule has 2 aromatic heterocycles. The third kappa shape index (κ3) is 3.59. The molecular formula is C25H21N5O. The van der Waals surface area contributed by atoms with E-state index in [-0.39, 0.29) is 0 Å². The van der Waals surface area contributed by atoms with Crippen LogP contribution in [-0.2, 0) is 13.6 Å². The molecule has 3 aromatic carbocycles. The number of carbonyl (C=O) groups excluding carboxylic acids is 1. The molecule has 0 aliphatic carbocycles. The number of rotatable bonds is 5. The van der Waals surface area contributed by atoms with E-state index >= 15 is 0 Å². The highest BCUT2D eigenvalue weighted by atomic mass is 16.1. The molecule has 3 N–H and O–H groups in total. The highest BCUT2D eigenvalue weighted by molar-refractivity contribution is 5.97. The number of nitrogens with zero attached hydrogens (tertiary/aromatic N) is 3. The lowest BCUT2D eigenvalue weighted by Crippen LogP contribution is -2.11. The molecule has 6 heteroatoms. The fraction of sp³-hybridized carbons (Fsp3) is 0.0800. The molecule has 0 spiro atoms. The van der Waals surface area contributed by atoms with Crippen molar-refractivity contribution in [2.45, 2.75) is 6.54 Å². The van der Waals surface area contributed by atoms with Gasteiger partial charge in [-0.3, -0.25) is 14.8 Å². The van der Waals surface area contributed by atoms with Gasteiger partial charge < -0.3 is 15.6 Å². The van der Waals surface area contributed by atoms with Crippen LogP contribution >= 0.6 is 0 Å². The number of nitrogens with two attached hydrogens (primary N) is 1. The fourth-order valence-electron chi connectivity index (χ4n) is 3.87. The second-order valence-corrected chi connectivity index (χ2v) is 7.57. The number of amides is 1. The van der Waals surface area contributed by atoms with Crippen LogP contribution in [0.1, 0.15) is 15.9 Å². The molecule has 1 amide bonds. The normalized spacial score (nSPS) is 11.1. The monoisotopic (exact) mass is 407 g/mol. The van der Waals surface area contributed by atoms with Gasteiger partial charge in [0, 0.05) is 54.5 Å². The van der Waals surface area contributed by atoms with E-state index < -0.39 is 5.91 Å². The third-order valence-electron chi connectivity index (χ3n) is 5.48. The summed E-state index contributed by atoms with van der Waals surface area (Å²) >= 11 is 0. The quantitative estimate of drug-likeness (QED) is 0.449. The van der Waals surface area contributed by atoms with Crippen LogP contribution < -0.4 is 11.1 Å². The highest BCUT2D eigenvalue weighted by Crippen LogP contribution is 2.32. The first kappa shape index (κ1) is 18.8. The van der Waals surface area contributed by atoms with Crippen molar-refractivity contribution in [3.8, 4) is 11.1 Å². The maximum absolute atomic E-state index is 11.5. The van der Waals surface area contributed by atoms with E-state index in [4.69, 9.17) is 5.73 Å². The fourth-order valence-corrected chi connectivity index (χ4v) is 3.87. The Morgan fingerprint density at radius 3 is 2.77 bits per heavy atom. The Morgan fingerprint density at radius 1 is 1.03 bits per heavy atom. The van der Waals surface area contributed by atoms with Crippen LogP contribution in [0.2, 0.25) is 0 Å². The zero-order valence-electron chi connectivity index (χ0n) is 17.0. The summed E-state index contributed by atoms with van der Waals surface area (Å²) < 4.78 is 2.11. The lowest BCUT2D eigenvalue weighted by molar-refractivity contribution is 0.1000. The van der Waals surface area contributed by atoms with Gasteiger partial charge >= 0.3 is 0 Å². The van der Waals surface area contributed by atoms with Crippen molar-refractivity contribution in [1.29, 1.82) is 0 Å². The predicted molar refractivity (Wildman–Crippen MR) is 124 cm³/mol. The smallest absolute Gasteiger partial charge is 0.248 e. The van der Waals surface area contributed by atoms with Crippen molar-refractivity contribution in [2.24, 2.45) is 12.8 Å². The van der Waals surface area contributed by atoms with E-state index in [0.29, 0.717) is 12.1 Å². The number of hydrogen-bond acceptors (Lipinski definition) is 4. The van der Waals surface area contributed by atoms with Crippen LogP contribution in [0, 0.1) is 0 Å². The van der Waals surface area contributed by atoms with Crippen LogP contribution in [0.25, 0.3) is 33.1 Å². The first-order chi connectivity index (χ1) is 15.1. The van der Waals surface area contributed by atoms with E-state index in [1.165, 1.54) is 5.39 Å². The molecule has 0 saturated carbocycles. The minimum Gasteiger partial charge on any atom is -0.381 e. The number of carbonyl (C=O) groups is 1. The summed E-state index contributed by atoms with van der Waals surface area (Å²) in [5.74, 6) is -0.429. The van der Waals surface area contributed by atoms with Crippen LogP contribution in [0.3, 0.4) is 0 Å². The summed E-state index contributed by atoms with van der Waals surface area (Å²) in [5.41, 5.74) is 12.7. The summed E-state index contributed by atoms with van der Waals surface area (Å²) in [7, 11) is 2.04. The summed E-state index contributed by atoms with van der Waals surface area (Å²) in [6.45, 7) is 0.559. The predicted octanol–water partition coefficient (Wildman–Crippen LogP) is 4.50. The van der Waals surface area contributed by atoms with Crippen LogP contribution in [0.4, 0.5) is 5.69 Å². The Hall–Kier alpha value is -4.19. The molecule has 5 aromatic rings.